The normalized spacial score (nSPS) is 23.6. The first kappa shape index (κ1) is 15.3. The van der Waals surface area contributed by atoms with Crippen LogP contribution in [0, 0.1) is 5.92 Å². The number of carboxylic acid groups (broad SMARTS) is 1. The molecule has 0 aromatic carbocycles. The van der Waals surface area contributed by atoms with Gasteiger partial charge in [-0.3, -0.25) is 0 Å². The smallest absolute Gasteiger partial charge is 0.326 e. The summed E-state index contributed by atoms with van der Waals surface area (Å²) in [5.74, 6) is -1.11. The average molecular weight is 296 g/mol. The number of amides is 2. The van der Waals surface area contributed by atoms with Gasteiger partial charge in [-0.1, -0.05) is 6.92 Å². The molecule has 0 bridgehead atoms. The first-order valence-corrected chi connectivity index (χ1v) is 6.91. The van der Waals surface area contributed by atoms with Crippen molar-refractivity contribution in [2.24, 2.45) is 5.92 Å². The lowest BCUT2D eigenvalue weighted by Gasteiger charge is -2.34. The highest BCUT2D eigenvalue weighted by molar-refractivity contribution is 5.82. The van der Waals surface area contributed by atoms with E-state index in [-0.39, 0.29) is 12.3 Å². The predicted molar refractivity (Wildman–Crippen MR) is 73.6 cm³/mol. The van der Waals surface area contributed by atoms with E-state index in [9.17, 15) is 19.8 Å². The highest BCUT2D eigenvalue weighted by Gasteiger charge is 2.29. The summed E-state index contributed by atoms with van der Waals surface area (Å²) in [6, 6.07) is -1.43. The van der Waals surface area contributed by atoms with Crippen LogP contribution in [0.1, 0.15) is 19.0 Å². The van der Waals surface area contributed by atoms with Crippen LogP contribution in [0.15, 0.2) is 12.5 Å². The average Bonchev–Trinajstić information content (AvgIpc) is 2.93. The van der Waals surface area contributed by atoms with E-state index in [4.69, 9.17) is 0 Å². The summed E-state index contributed by atoms with van der Waals surface area (Å²) in [4.78, 5) is 31.6. The number of imidazole rings is 1. The molecule has 8 heteroatoms. The third-order valence-corrected chi connectivity index (χ3v) is 3.72. The van der Waals surface area contributed by atoms with Gasteiger partial charge in [0.2, 0.25) is 0 Å². The van der Waals surface area contributed by atoms with Gasteiger partial charge < -0.3 is 25.4 Å². The summed E-state index contributed by atoms with van der Waals surface area (Å²) in [6.07, 6.45) is 3.24. The van der Waals surface area contributed by atoms with Crippen LogP contribution in [-0.4, -0.2) is 62.3 Å². The van der Waals surface area contributed by atoms with Crippen molar-refractivity contribution in [2.75, 3.05) is 13.1 Å². The quantitative estimate of drug-likeness (QED) is 0.614. The third kappa shape index (κ3) is 3.94. The summed E-state index contributed by atoms with van der Waals surface area (Å²) in [5, 5.41) is 21.4. The van der Waals surface area contributed by atoms with E-state index in [1.807, 2.05) is 6.92 Å². The molecule has 2 amide bonds. The Morgan fingerprint density at radius 1 is 1.62 bits per heavy atom. The van der Waals surface area contributed by atoms with Gasteiger partial charge in [-0.25, -0.2) is 14.6 Å². The Morgan fingerprint density at radius 3 is 2.95 bits per heavy atom. The van der Waals surface area contributed by atoms with Crippen LogP contribution in [0.2, 0.25) is 0 Å². The van der Waals surface area contributed by atoms with Gasteiger partial charge >= 0.3 is 12.0 Å². The maximum absolute atomic E-state index is 12.1. The fourth-order valence-corrected chi connectivity index (χ4v) is 2.37. The number of aliphatic hydroxyl groups is 1. The lowest BCUT2D eigenvalue weighted by Crippen LogP contribution is -2.53. The van der Waals surface area contributed by atoms with Crippen LogP contribution in [0.3, 0.4) is 0 Å². The molecule has 3 atom stereocenters. The highest BCUT2D eigenvalue weighted by Crippen LogP contribution is 2.16. The van der Waals surface area contributed by atoms with Crippen LogP contribution in [0.4, 0.5) is 4.79 Å². The van der Waals surface area contributed by atoms with E-state index in [0.29, 0.717) is 25.2 Å². The molecule has 1 aromatic heterocycles. The lowest BCUT2D eigenvalue weighted by atomic mass is 9.97. The summed E-state index contributed by atoms with van der Waals surface area (Å²) >= 11 is 0. The van der Waals surface area contributed by atoms with Gasteiger partial charge in [0, 0.05) is 31.4 Å². The monoisotopic (exact) mass is 296 g/mol. The Morgan fingerprint density at radius 2 is 2.38 bits per heavy atom. The molecule has 4 N–H and O–H groups in total. The molecule has 0 spiro atoms. The van der Waals surface area contributed by atoms with Crippen molar-refractivity contribution in [2.45, 2.75) is 31.9 Å². The second kappa shape index (κ2) is 6.57. The molecule has 0 saturated carbocycles. The summed E-state index contributed by atoms with van der Waals surface area (Å²) in [5.41, 5.74) is 0.644. The lowest BCUT2D eigenvalue weighted by molar-refractivity contribution is -0.139. The minimum Gasteiger partial charge on any atom is -0.480 e. The molecule has 21 heavy (non-hydrogen) atoms. The van der Waals surface area contributed by atoms with Gasteiger partial charge in [0.25, 0.3) is 0 Å². The van der Waals surface area contributed by atoms with Gasteiger partial charge in [-0.15, -0.1) is 0 Å². The second-order valence-electron chi connectivity index (χ2n) is 5.40. The van der Waals surface area contributed by atoms with Crippen LogP contribution < -0.4 is 5.32 Å². The van der Waals surface area contributed by atoms with Gasteiger partial charge in [0.05, 0.1) is 12.4 Å². The number of piperidine rings is 1. The first-order chi connectivity index (χ1) is 9.97. The van der Waals surface area contributed by atoms with Crippen molar-refractivity contribution in [3.63, 3.8) is 0 Å². The molecule has 2 rings (SSSR count). The van der Waals surface area contributed by atoms with Gasteiger partial charge in [-0.2, -0.15) is 0 Å². The second-order valence-corrected chi connectivity index (χ2v) is 5.40. The number of carbonyl (C=O) groups excluding carboxylic acids is 1. The number of carbonyl (C=O) groups is 2. The van der Waals surface area contributed by atoms with Crippen molar-refractivity contribution >= 4 is 12.0 Å². The van der Waals surface area contributed by atoms with E-state index >= 15 is 0 Å². The summed E-state index contributed by atoms with van der Waals surface area (Å²) in [6.45, 7) is 2.71. The molecule has 8 nitrogen and oxygen atoms in total. The first-order valence-electron chi connectivity index (χ1n) is 6.91. The number of H-pyrrole nitrogens is 1. The van der Waals surface area contributed by atoms with Crippen molar-refractivity contribution in [1.29, 1.82) is 0 Å². The number of urea groups is 1. The third-order valence-electron chi connectivity index (χ3n) is 3.72. The molecular weight excluding hydrogens is 276 g/mol. The molecule has 1 aliphatic rings. The molecule has 116 valence electrons. The number of aliphatic hydroxyl groups excluding tert-OH is 1. The minimum atomic E-state index is -1.09. The minimum absolute atomic E-state index is 0.0135. The Bertz CT molecular complexity index is 490. The van der Waals surface area contributed by atoms with Gasteiger partial charge in [-0.05, 0) is 12.3 Å². The Kier molecular flexibility index (Phi) is 4.79. The summed E-state index contributed by atoms with van der Waals surface area (Å²) < 4.78 is 0. The zero-order valence-corrected chi connectivity index (χ0v) is 11.8. The Labute approximate surface area is 122 Å². The van der Waals surface area contributed by atoms with Crippen molar-refractivity contribution in [3.8, 4) is 0 Å². The SMILES string of the molecule is CC1CN(C(=O)NC(Cc2cnc[nH]2)C(=O)O)CCC1O. The van der Waals surface area contributed by atoms with E-state index in [1.54, 1.807) is 4.90 Å². The number of aromatic nitrogens is 2. The van der Waals surface area contributed by atoms with E-state index < -0.39 is 24.1 Å². The van der Waals surface area contributed by atoms with Crippen LogP contribution in [0.5, 0.6) is 0 Å². The van der Waals surface area contributed by atoms with Crippen LogP contribution >= 0.6 is 0 Å². The fourth-order valence-electron chi connectivity index (χ4n) is 2.37. The predicted octanol–water partition coefficient (Wildman–Crippen LogP) is -0.182. The standard InChI is InChI=1S/C13H20N4O4/c1-8-6-17(3-2-11(8)18)13(21)16-10(12(19)20)4-9-5-14-7-15-9/h5,7-8,10-11,18H,2-4,6H2,1H3,(H,14,15)(H,16,21)(H,19,20). The molecule has 2 heterocycles. The number of aromatic amines is 1. The topological polar surface area (TPSA) is 119 Å². The number of aliphatic carboxylic acids is 1. The maximum atomic E-state index is 12.1. The molecule has 0 radical (unpaired) electrons. The number of carboxylic acids is 1. The van der Waals surface area contributed by atoms with Crippen molar-refractivity contribution < 1.29 is 19.8 Å². The molecule has 1 fully saturated rings. The number of rotatable bonds is 4. The molecule has 1 aliphatic heterocycles. The zero-order chi connectivity index (χ0) is 15.4. The van der Waals surface area contributed by atoms with Crippen molar-refractivity contribution in [1.82, 2.24) is 20.2 Å². The fraction of sp³-hybridized carbons (Fsp3) is 0.615. The number of likely N-dealkylation sites (tertiary alicyclic amines) is 1. The molecular formula is C13H20N4O4. The molecule has 1 aromatic rings. The number of nitrogens with one attached hydrogen (secondary N) is 2. The van der Waals surface area contributed by atoms with E-state index in [0.717, 1.165) is 0 Å². The Hall–Kier alpha value is -2.09. The Balaban J connectivity index is 1.93. The van der Waals surface area contributed by atoms with Crippen molar-refractivity contribution in [3.05, 3.63) is 18.2 Å². The maximum Gasteiger partial charge on any atom is 0.326 e. The van der Waals surface area contributed by atoms with Gasteiger partial charge in [0.1, 0.15) is 6.04 Å². The summed E-state index contributed by atoms with van der Waals surface area (Å²) in [7, 11) is 0. The molecule has 0 aliphatic carbocycles. The van der Waals surface area contributed by atoms with E-state index in [1.165, 1.54) is 12.5 Å². The zero-order valence-electron chi connectivity index (χ0n) is 11.8. The number of nitrogens with zero attached hydrogens (tertiary/aromatic N) is 2. The van der Waals surface area contributed by atoms with Gasteiger partial charge in [0.15, 0.2) is 0 Å². The molecule has 3 unspecified atom stereocenters. The van der Waals surface area contributed by atoms with E-state index in [2.05, 4.69) is 15.3 Å². The van der Waals surface area contributed by atoms with Crippen LogP contribution in [0.25, 0.3) is 0 Å². The number of hydrogen-bond donors (Lipinski definition) is 4. The molecule has 1 saturated heterocycles. The number of hydrogen-bond acceptors (Lipinski definition) is 4. The van der Waals surface area contributed by atoms with Crippen LogP contribution in [-0.2, 0) is 11.2 Å². The highest BCUT2D eigenvalue weighted by atomic mass is 16.4. The largest absolute Gasteiger partial charge is 0.480 e.